The van der Waals surface area contributed by atoms with Gasteiger partial charge in [0.25, 0.3) is 0 Å². The van der Waals surface area contributed by atoms with Crippen molar-refractivity contribution >= 4 is 5.78 Å². The van der Waals surface area contributed by atoms with Crippen LogP contribution in [-0.2, 0) is 11.2 Å². The lowest BCUT2D eigenvalue weighted by atomic mass is 9.75. The van der Waals surface area contributed by atoms with Crippen LogP contribution in [0.3, 0.4) is 0 Å². The van der Waals surface area contributed by atoms with Crippen LogP contribution in [0.15, 0.2) is 24.3 Å². The van der Waals surface area contributed by atoms with Gasteiger partial charge in [-0.15, -0.1) is 0 Å². The van der Waals surface area contributed by atoms with Crippen LogP contribution in [0.5, 0.6) is 0 Å². The molecule has 18 heavy (non-hydrogen) atoms. The van der Waals surface area contributed by atoms with E-state index in [2.05, 4.69) is 24.3 Å². The van der Waals surface area contributed by atoms with E-state index in [1.807, 2.05) is 0 Å². The van der Waals surface area contributed by atoms with E-state index in [0.717, 1.165) is 19.3 Å². The summed E-state index contributed by atoms with van der Waals surface area (Å²) in [5.41, 5.74) is 3.12. The number of ketones is 1. The molecule has 2 aliphatic rings. The van der Waals surface area contributed by atoms with E-state index in [4.69, 9.17) is 0 Å². The van der Waals surface area contributed by atoms with Crippen molar-refractivity contribution in [2.75, 3.05) is 0 Å². The Morgan fingerprint density at radius 3 is 2.78 bits per heavy atom. The van der Waals surface area contributed by atoms with E-state index >= 15 is 0 Å². The molecule has 0 saturated heterocycles. The second-order valence-electron chi connectivity index (χ2n) is 6.02. The minimum absolute atomic E-state index is 0.496. The molecule has 0 N–H and O–H groups in total. The van der Waals surface area contributed by atoms with Gasteiger partial charge in [-0.2, -0.15) is 0 Å². The summed E-state index contributed by atoms with van der Waals surface area (Å²) in [5, 5.41) is 0. The minimum atomic E-state index is 0.496. The van der Waals surface area contributed by atoms with Crippen molar-refractivity contribution < 1.29 is 4.79 Å². The first-order valence-corrected chi connectivity index (χ1v) is 7.42. The van der Waals surface area contributed by atoms with Crippen LogP contribution < -0.4 is 0 Å². The monoisotopic (exact) mass is 242 g/mol. The van der Waals surface area contributed by atoms with Gasteiger partial charge in [-0.3, -0.25) is 4.79 Å². The van der Waals surface area contributed by atoms with Crippen molar-refractivity contribution in [3.63, 3.8) is 0 Å². The quantitative estimate of drug-likeness (QED) is 0.757. The maximum Gasteiger partial charge on any atom is 0.133 e. The molecule has 0 radical (unpaired) electrons. The van der Waals surface area contributed by atoms with Gasteiger partial charge in [0.15, 0.2) is 0 Å². The van der Waals surface area contributed by atoms with Gasteiger partial charge in [-0.25, -0.2) is 0 Å². The molecule has 0 aliphatic heterocycles. The molecule has 2 atom stereocenters. The van der Waals surface area contributed by atoms with E-state index < -0.39 is 0 Å². The van der Waals surface area contributed by atoms with Gasteiger partial charge in [0, 0.05) is 12.8 Å². The van der Waals surface area contributed by atoms with Crippen molar-refractivity contribution in [1.82, 2.24) is 0 Å². The Balaban J connectivity index is 1.72. The Morgan fingerprint density at radius 2 is 1.89 bits per heavy atom. The number of carbonyl (C=O) groups is 1. The maximum absolute atomic E-state index is 11.6. The summed E-state index contributed by atoms with van der Waals surface area (Å²) >= 11 is 0. The van der Waals surface area contributed by atoms with Gasteiger partial charge in [0.05, 0.1) is 0 Å². The predicted octanol–water partition coefficient (Wildman–Crippen LogP) is 4.26. The number of benzene rings is 1. The third kappa shape index (κ3) is 2.50. The molecule has 0 amide bonds. The summed E-state index contributed by atoms with van der Waals surface area (Å²) in [6.07, 6.45) is 9.20. The van der Waals surface area contributed by atoms with Crippen LogP contribution in [0, 0.1) is 5.92 Å². The highest BCUT2D eigenvalue weighted by Crippen LogP contribution is 2.38. The summed E-state index contributed by atoms with van der Waals surface area (Å²) in [6, 6.07) is 8.92. The van der Waals surface area contributed by atoms with Gasteiger partial charge in [-0.1, -0.05) is 24.3 Å². The van der Waals surface area contributed by atoms with E-state index in [-0.39, 0.29) is 0 Å². The molecule has 2 unspecified atom stereocenters. The number of aryl methyl sites for hydroxylation is 1. The molecule has 1 nitrogen and oxygen atoms in total. The molecular weight excluding hydrogens is 220 g/mol. The third-order valence-corrected chi connectivity index (χ3v) is 4.70. The van der Waals surface area contributed by atoms with Gasteiger partial charge >= 0.3 is 0 Å². The Labute approximate surface area is 110 Å². The second kappa shape index (κ2) is 5.26. The molecule has 0 aromatic heterocycles. The average Bonchev–Trinajstić information content (AvgIpc) is 2.39. The Morgan fingerprint density at radius 1 is 1.06 bits per heavy atom. The topological polar surface area (TPSA) is 17.1 Å². The van der Waals surface area contributed by atoms with E-state index in [1.165, 1.54) is 32.1 Å². The summed E-state index contributed by atoms with van der Waals surface area (Å²) in [7, 11) is 0. The molecule has 0 bridgehead atoms. The Kier molecular flexibility index (Phi) is 3.49. The molecule has 1 saturated carbocycles. The second-order valence-corrected chi connectivity index (χ2v) is 6.02. The fourth-order valence-corrected chi connectivity index (χ4v) is 3.82. The molecule has 0 heterocycles. The summed E-state index contributed by atoms with van der Waals surface area (Å²) in [6.45, 7) is 0. The molecule has 1 heteroatoms. The fourth-order valence-electron chi connectivity index (χ4n) is 3.82. The smallest absolute Gasteiger partial charge is 0.133 e. The number of hydrogen-bond donors (Lipinski definition) is 0. The predicted molar refractivity (Wildman–Crippen MR) is 73.7 cm³/mol. The van der Waals surface area contributed by atoms with Crippen LogP contribution in [0.4, 0.5) is 0 Å². The number of rotatable bonds is 2. The lowest BCUT2D eigenvalue weighted by molar-refractivity contribution is -0.121. The van der Waals surface area contributed by atoms with Crippen molar-refractivity contribution in [3.8, 4) is 0 Å². The van der Waals surface area contributed by atoms with Gasteiger partial charge < -0.3 is 0 Å². The van der Waals surface area contributed by atoms with E-state index in [0.29, 0.717) is 17.6 Å². The zero-order valence-electron chi connectivity index (χ0n) is 11.0. The first-order valence-electron chi connectivity index (χ1n) is 7.42. The average molecular weight is 242 g/mol. The van der Waals surface area contributed by atoms with Crippen LogP contribution in [0.25, 0.3) is 0 Å². The third-order valence-electron chi connectivity index (χ3n) is 4.70. The van der Waals surface area contributed by atoms with Crippen molar-refractivity contribution in [2.24, 2.45) is 5.92 Å². The van der Waals surface area contributed by atoms with Gasteiger partial charge in [0.2, 0.25) is 0 Å². The van der Waals surface area contributed by atoms with Crippen LogP contribution in [0.1, 0.15) is 62.0 Å². The number of hydrogen-bond acceptors (Lipinski definition) is 1. The van der Waals surface area contributed by atoms with E-state index in [1.54, 1.807) is 11.1 Å². The van der Waals surface area contributed by atoms with Crippen molar-refractivity contribution in [3.05, 3.63) is 35.4 Å². The Bertz CT molecular complexity index is 435. The zero-order valence-corrected chi connectivity index (χ0v) is 11.0. The number of Topliss-reactive ketones (excluding diaryl/α,β-unsaturated/α-hetero) is 1. The largest absolute Gasteiger partial charge is 0.300 e. The number of fused-ring (bicyclic) bond motifs is 1. The molecule has 1 aromatic carbocycles. The lowest BCUT2D eigenvalue weighted by Crippen LogP contribution is -2.19. The first kappa shape index (κ1) is 12.0. The molecule has 0 spiro atoms. The van der Waals surface area contributed by atoms with Gasteiger partial charge in [-0.05, 0) is 61.5 Å². The molecular formula is C17H22O. The highest BCUT2D eigenvalue weighted by atomic mass is 16.1. The molecule has 96 valence electrons. The maximum atomic E-state index is 11.6. The van der Waals surface area contributed by atoms with Crippen molar-refractivity contribution in [2.45, 2.75) is 57.3 Å². The highest BCUT2D eigenvalue weighted by Gasteiger charge is 2.26. The fraction of sp³-hybridized carbons (Fsp3) is 0.588. The van der Waals surface area contributed by atoms with Crippen LogP contribution in [-0.4, -0.2) is 5.78 Å². The SMILES string of the molecule is O=C1CCCC(CC2CCCc3ccccc32)C1. The van der Waals surface area contributed by atoms with Gasteiger partial charge in [0.1, 0.15) is 5.78 Å². The lowest BCUT2D eigenvalue weighted by Gasteiger charge is -2.30. The van der Waals surface area contributed by atoms with Crippen LogP contribution >= 0.6 is 0 Å². The normalized spacial score (nSPS) is 27.9. The molecule has 1 aromatic rings. The molecule has 2 aliphatic carbocycles. The first-order chi connectivity index (χ1) is 8.83. The Hall–Kier alpha value is -1.11. The molecule has 1 fully saturated rings. The minimum Gasteiger partial charge on any atom is -0.300 e. The summed E-state index contributed by atoms with van der Waals surface area (Å²) in [4.78, 5) is 11.6. The summed E-state index contributed by atoms with van der Waals surface area (Å²) in [5.74, 6) is 1.86. The van der Waals surface area contributed by atoms with Crippen molar-refractivity contribution in [1.29, 1.82) is 0 Å². The molecule has 3 rings (SSSR count). The van der Waals surface area contributed by atoms with E-state index in [9.17, 15) is 4.79 Å². The zero-order chi connectivity index (χ0) is 12.4. The number of carbonyl (C=O) groups excluding carboxylic acids is 1. The summed E-state index contributed by atoms with van der Waals surface area (Å²) < 4.78 is 0. The van der Waals surface area contributed by atoms with Crippen LogP contribution in [0.2, 0.25) is 0 Å². The highest BCUT2D eigenvalue weighted by molar-refractivity contribution is 5.79. The standard InChI is InChI=1S/C17H22O/c18-16-9-3-5-13(12-16)11-15-8-4-7-14-6-1-2-10-17(14)15/h1-2,6,10,13,15H,3-5,7-9,11-12H2.